The zero-order valence-corrected chi connectivity index (χ0v) is 31.3. The van der Waals surface area contributed by atoms with E-state index in [1.165, 1.54) is 24.5 Å². The third kappa shape index (κ3) is 7.34. The Morgan fingerprint density at radius 1 is 1.04 bits per heavy atom. The Bertz CT molecular complexity index is 1610. The minimum Gasteiger partial charge on any atom is -0.451 e. The standard InChI is InChI=1S/C35H51FN8O4S.ClH/c1-24(2)44(25(3)4)34(45)29-15-28(36)5-6-31(29)48-32-17-37-23-39-33(32)41-21-35(22-41)9-13-40(14-10-35)18-26-7-11-42(12-8-26)49(46,47)43-19-27-16-38-30(27)20-43;/h5-6,15,17,23-27,30,38H,7-14,16,18-22H2,1-4H3;1H/t27-,30+;/m1./s1. The number of hydrogen-bond acceptors (Lipinski definition) is 9. The van der Waals surface area contributed by atoms with Crippen molar-refractivity contribution in [2.45, 2.75) is 71.5 Å². The van der Waals surface area contributed by atoms with Crippen LogP contribution in [0.5, 0.6) is 11.5 Å². The Morgan fingerprint density at radius 2 is 1.74 bits per heavy atom. The van der Waals surface area contributed by atoms with Crippen LogP contribution in [0.25, 0.3) is 0 Å². The van der Waals surface area contributed by atoms with E-state index in [-0.39, 0.29) is 47.1 Å². The summed E-state index contributed by atoms with van der Waals surface area (Å²) in [6.45, 7) is 16.0. The molecule has 1 aromatic carbocycles. The summed E-state index contributed by atoms with van der Waals surface area (Å²) in [5, 5.41) is 3.35. The summed E-state index contributed by atoms with van der Waals surface area (Å²) < 4.78 is 50.6. The Balaban J connectivity index is 0.00000432. The first-order valence-corrected chi connectivity index (χ1v) is 19.4. The Morgan fingerprint density at radius 3 is 2.34 bits per heavy atom. The first-order valence-electron chi connectivity index (χ1n) is 18.0. The maximum absolute atomic E-state index is 14.4. The SMILES string of the molecule is CC(C)N(C(=O)c1cc(F)ccc1Oc1cncnc1N1CC2(CCN(CC3CCN(S(=O)(=O)N4C[C@H]5CN[C@H]5C4)CC3)CC2)C1)C(C)C.Cl. The number of halogens is 2. The Labute approximate surface area is 302 Å². The monoisotopic (exact) mass is 734 g/mol. The highest BCUT2D eigenvalue weighted by atomic mass is 35.5. The summed E-state index contributed by atoms with van der Waals surface area (Å²) in [5.41, 5.74) is 0.388. The average Bonchev–Trinajstić information content (AvgIpc) is 3.35. The highest BCUT2D eigenvalue weighted by Gasteiger charge is 2.47. The fourth-order valence-electron chi connectivity index (χ4n) is 8.59. The van der Waals surface area contributed by atoms with E-state index in [0.29, 0.717) is 55.6 Å². The number of amides is 1. The van der Waals surface area contributed by atoms with Crippen molar-refractivity contribution in [2.75, 3.05) is 70.3 Å². The normalized spacial score (nSPS) is 24.5. The van der Waals surface area contributed by atoms with Gasteiger partial charge in [0, 0.05) is 81.8 Å². The first kappa shape index (κ1) is 37.1. The average molecular weight is 735 g/mol. The molecule has 0 bridgehead atoms. The number of carbonyl (C=O) groups excluding carboxylic acids is 1. The fraction of sp³-hybridized carbons (Fsp3) is 0.686. The van der Waals surface area contributed by atoms with Gasteiger partial charge in [0.2, 0.25) is 0 Å². The molecule has 276 valence electrons. The predicted molar refractivity (Wildman–Crippen MR) is 193 cm³/mol. The lowest BCUT2D eigenvalue weighted by atomic mass is 9.72. The second kappa shape index (κ2) is 14.8. The van der Waals surface area contributed by atoms with Crippen molar-refractivity contribution in [3.8, 4) is 11.5 Å². The van der Waals surface area contributed by atoms with E-state index in [2.05, 4.69) is 25.1 Å². The molecule has 1 aromatic heterocycles. The zero-order valence-electron chi connectivity index (χ0n) is 29.6. The van der Waals surface area contributed by atoms with Gasteiger partial charge >= 0.3 is 0 Å². The molecule has 1 N–H and O–H groups in total. The van der Waals surface area contributed by atoms with Crippen LogP contribution in [0.2, 0.25) is 0 Å². The van der Waals surface area contributed by atoms with Crippen LogP contribution in [0.4, 0.5) is 10.2 Å². The second-order valence-electron chi connectivity index (χ2n) is 15.5. The van der Waals surface area contributed by atoms with E-state index in [1.807, 2.05) is 27.7 Å². The van der Waals surface area contributed by atoms with Crippen molar-refractivity contribution >= 4 is 34.3 Å². The van der Waals surface area contributed by atoms with Crippen LogP contribution >= 0.6 is 12.4 Å². The van der Waals surface area contributed by atoms with Crippen LogP contribution in [0, 0.1) is 23.1 Å². The Hall–Kier alpha value is -2.62. The number of hydrogen-bond donors (Lipinski definition) is 1. The van der Waals surface area contributed by atoms with E-state index in [1.54, 1.807) is 19.7 Å². The molecule has 0 unspecified atom stereocenters. The van der Waals surface area contributed by atoms with Gasteiger partial charge in [-0.05, 0) is 90.6 Å². The number of aromatic nitrogens is 2. The van der Waals surface area contributed by atoms with Gasteiger partial charge in [-0.1, -0.05) is 0 Å². The van der Waals surface area contributed by atoms with Gasteiger partial charge in [0.05, 0.1) is 11.8 Å². The van der Waals surface area contributed by atoms with Crippen LogP contribution in [0.1, 0.15) is 63.7 Å². The van der Waals surface area contributed by atoms with Crippen molar-refractivity contribution in [1.29, 1.82) is 0 Å². The quantitative estimate of drug-likeness (QED) is 0.389. The van der Waals surface area contributed by atoms with E-state index in [9.17, 15) is 17.6 Å². The number of fused-ring (bicyclic) bond motifs is 1. The van der Waals surface area contributed by atoms with E-state index >= 15 is 0 Å². The summed E-state index contributed by atoms with van der Waals surface area (Å²) in [7, 11) is -3.36. The third-order valence-electron chi connectivity index (χ3n) is 11.5. The molecule has 5 fully saturated rings. The summed E-state index contributed by atoms with van der Waals surface area (Å²) in [4.78, 5) is 28.8. The van der Waals surface area contributed by atoms with Crippen LogP contribution in [0.15, 0.2) is 30.7 Å². The largest absolute Gasteiger partial charge is 0.451 e. The topological polar surface area (TPSA) is 114 Å². The molecule has 0 aliphatic carbocycles. The van der Waals surface area contributed by atoms with Gasteiger partial charge in [-0.25, -0.2) is 14.4 Å². The number of benzene rings is 1. The lowest BCUT2D eigenvalue weighted by molar-refractivity contribution is 0.0608. The lowest BCUT2D eigenvalue weighted by Crippen LogP contribution is -2.61. The molecule has 6 heterocycles. The predicted octanol–water partition coefficient (Wildman–Crippen LogP) is 3.85. The van der Waals surface area contributed by atoms with Crippen molar-refractivity contribution in [3.63, 3.8) is 0 Å². The van der Waals surface area contributed by atoms with Crippen molar-refractivity contribution in [2.24, 2.45) is 17.3 Å². The summed E-state index contributed by atoms with van der Waals surface area (Å²) >= 11 is 0. The second-order valence-corrected chi connectivity index (χ2v) is 17.4. The minimum atomic E-state index is -3.36. The highest BCUT2D eigenvalue weighted by molar-refractivity contribution is 7.86. The molecule has 2 aromatic rings. The Kier molecular flexibility index (Phi) is 11.0. The number of piperidine rings is 2. The van der Waals surface area contributed by atoms with Gasteiger partial charge in [-0.2, -0.15) is 17.0 Å². The summed E-state index contributed by atoms with van der Waals surface area (Å²) in [6.07, 6.45) is 7.14. The zero-order chi connectivity index (χ0) is 34.5. The number of anilines is 1. The molecule has 5 aliphatic rings. The molecule has 1 spiro atoms. The molecular formula is C35H52ClFN8O4S. The fourth-order valence-corrected chi connectivity index (χ4v) is 10.3. The highest BCUT2D eigenvalue weighted by Crippen LogP contribution is 2.45. The van der Waals surface area contributed by atoms with Gasteiger partial charge in [-0.3, -0.25) is 4.79 Å². The number of likely N-dealkylation sites (tertiary alicyclic amines) is 1. The van der Waals surface area contributed by atoms with E-state index in [0.717, 1.165) is 65.0 Å². The number of carbonyl (C=O) groups is 1. The van der Waals surface area contributed by atoms with Gasteiger partial charge < -0.3 is 24.8 Å². The van der Waals surface area contributed by atoms with Crippen molar-refractivity contribution < 1.29 is 22.3 Å². The van der Waals surface area contributed by atoms with Gasteiger partial charge in [-0.15, -0.1) is 12.4 Å². The minimum absolute atomic E-state index is 0. The molecule has 7 rings (SSSR count). The van der Waals surface area contributed by atoms with Crippen molar-refractivity contribution in [1.82, 2.24) is 33.7 Å². The van der Waals surface area contributed by atoms with Crippen LogP contribution < -0.4 is 15.0 Å². The molecule has 5 saturated heterocycles. The summed E-state index contributed by atoms with van der Waals surface area (Å²) in [6, 6.07) is 4.26. The van der Waals surface area contributed by atoms with Gasteiger partial charge in [0.15, 0.2) is 11.6 Å². The number of rotatable bonds is 10. The maximum Gasteiger partial charge on any atom is 0.282 e. The van der Waals surface area contributed by atoms with Crippen LogP contribution in [-0.4, -0.2) is 126 Å². The molecule has 5 aliphatic heterocycles. The van der Waals surface area contributed by atoms with Gasteiger partial charge in [0.25, 0.3) is 16.1 Å². The third-order valence-corrected chi connectivity index (χ3v) is 13.4. The number of nitrogens with zero attached hydrogens (tertiary/aromatic N) is 7. The molecule has 0 saturated carbocycles. The van der Waals surface area contributed by atoms with Crippen molar-refractivity contribution in [3.05, 3.63) is 42.1 Å². The molecule has 1 amide bonds. The van der Waals surface area contributed by atoms with Crippen LogP contribution in [0.3, 0.4) is 0 Å². The molecule has 12 nitrogen and oxygen atoms in total. The molecule has 15 heteroatoms. The molecule has 50 heavy (non-hydrogen) atoms. The van der Waals surface area contributed by atoms with E-state index in [4.69, 9.17) is 4.74 Å². The summed E-state index contributed by atoms with van der Waals surface area (Å²) in [5.74, 6) is 1.62. The molecule has 0 radical (unpaired) electrons. The number of ether oxygens (including phenoxy) is 1. The molecule has 2 atom stereocenters. The first-order chi connectivity index (χ1) is 23.4. The van der Waals surface area contributed by atoms with E-state index < -0.39 is 16.0 Å². The maximum atomic E-state index is 14.4. The number of nitrogens with one attached hydrogen (secondary N) is 1. The van der Waals surface area contributed by atoms with Crippen LogP contribution in [-0.2, 0) is 10.2 Å². The smallest absolute Gasteiger partial charge is 0.282 e. The molecular weight excluding hydrogens is 683 g/mol. The van der Waals surface area contributed by atoms with Gasteiger partial charge in [0.1, 0.15) is 17.9 Å². The lowest BCUT2D eigenvalue weighted by Gasteiger charge is -2.54.